The lowest BCUT2D eigenvalue weighted by molar-refractivity contribution is 0.0947. The van der Waals surface area contributed by atoms with E-state index in [0.29, 0.717) is 12.2 Å². The molecule has 0 spiro atoms. The van der Waals surface area contributed by atoms with Crippen LogP contribution in [0.15, 0.2) is 54.9 Å². The number of ether oxygens (including phenoxy) is 1. The van der Waals surface area contributed by atoms with Gasteiger partial charge in [0.15, 0.2) is 0 Å². The van der Waals surface area contributed by atoms with Crippen molar-refractivity contribution in [2.24, 2.45) is 0 Å². The second kappa shape index (κ2) is 5.73. The van der Waals surface area contributed by atoms with Crippen LogP contribution in [0, 0.1) is 0 Å². The molecule has 2 N–H and O–H groups in total. The molecule has 0 saturated carbocycles. The number of carbonyl (C=O) groups excluding carboxylic acids is 1. The van der Waals surface area contributed by atoms with Gasteiger partial charge in [-0.15, -0.1) is 0 Å². The van der Waals surface area contributed by atoms with E-state index in [9.17, 15) is 4.79 Å². The van der Waals surface area contributed by atoms with Gasteiger partial charge in [0.2, 0.25) is 0 Å². The van der Waals surface area contributed by atoms with E-state index in [1.807, 2.05) is 48.7 Å². The fraction of sp³-hybridized carbons (Fsp3) is 0.111. The molecule has 0 radical (unpaired) electrons. The number of benzene rings is 1. The number of fused-ring (bicyclic) bond motifs is 2. The predicted octanol–water partition coefficient (Wildman–Crippen LogP) is 2.75. The van der Waals surface area contributed by atoms with Crippen LogP contribution in [-0.4, -0.2) is 27.6 Å². The van der Waals surface area contributed by atoms with Gasteiger partial charge in [-0.05, 0) is 30.3 Å². The van der Waals surface area contributed by atoms with Crippen molar-refractivity contribution in [3.63, 3.8) is 0 Å². The number of H-pyrrole nitrogens is 1. The van der Waals surface area contributed by atoms with Gasteiger partial charge in [-0.3, -0.25) is 4.79 Å². The smallest absolute Gasteiger partial charge is 0.267 e. The topological polar surface area (TPSA) is 71.4 Å². The Labute approximate surface area is 138 Å². The van der Waals surface area contributed by atoms with Crippen LogP contribution >= 0.6 is 0 Å². The van der Waals surface area contributed by atoms with Crippen molar-refractivity contribution < 1.29 is 9.53 Å². The molecule has 0 bridgehead atoms. The van der Waals surface area contributed by atoms with Crippen LogP contribution in [0.5, 0.6) is 5.75 Å². The van der Waals surface area contributed by atoms with Crippen molar-refractivity contribution in [1.82, 2.24) is 19.9 Å². The van der Waals surface area contributed by atoms with Crippen LogP contribution in [0.4, 0.5) is 0 Å². The summed E-state index contributed by atoms with van der Waals surface area (Å²) in [6.07, 6.45) is 3.65. The zero-order valence-electron chi connectivity index (χ0n) is 13.1. The van der Waals surface area contributed by atoms with E-state index in [1.54, 1.807) is 17.8 Å². The highest BCUT2D eigenvalue weighted by atomic mass is 16.5. The van der Waals surface area contributed by atoms with Crippen molar-refractivity contribution in [2.75, 3.05) is 7.11 Å². The molecule has 6 nitrogen and oxygen atoms in total. The molecule has 0 unspecified atom stereocenters. The summed E-state index contributed by atoms with van der Waals surface area (Å²) in [4.78, 5) is 15.5. The molecule has 1 aromatic carbocycles. The normalized spacial score (nSPS) is 11.0. The molecule has 120 valence electrons. The first-order valence-electron chi connectivity index (χ1n) is 7.61. The van der Waals surface area contributed by atoms with Gasteiger partial charge in [-0.25, -0.2) is 4.52 Å². The fourth-order valence-electron chi connectivity index (χ4n) is 2.75. The van der Waals surface area contributed by atoms with Gasteiger partial charge in [-0.1, -0.05) is 6.07 Å². The minimum atomic E-state index is -0.152. The van der Waals surface area contributed by atoms with Crippen LogP contribution in [-0.2, 0) is 6.54 Å². The highest BCUT2D eigenvalue weighted by Crippen LogP contribution is 2.21. The molecule has 0 aliphatic heterocycles. The molecule has 1 amide bonds. The Morgan fingerprint density at radius 2 is 2.21 bits per heavy atom. The van der Waals surface area contributed by atoms with Gasteiger partial charge >= 0.3 is 0 Å². The van der Waals surface area contributed by atoms with E-state index in [1.165, 1.54) is 0 Å². The molecule has 3 heterocycles. The Kier molecular flexibility index (Phi) is 3.42. The lowest BCUT2D eigenvalue weighted by Gasteiger charge is -2.02. The summed E-state index contributed by atoms with van der Waals surface area (Å²) in [6, 6.07) is 13.3. The van der Waals surface area contributed by atoms with Crippen LogP contribution in [0.3, 0.4) is 0 Å². The summed E-state index contributed by atoms with van der Waals surface area (Å²) < 4.78 is 6.99. The minimum Gasteiger partial charge on any atom is -0.497 e. The molecule has 24 heavy (non-hydrogen) atoms. The Bertz CT molecular complexity index is 1030. The third kappa shape index (κ3) is 2.48. The summed E-state index contributed by atoms with van der Waals surface area (Å²) in [5.41, 5.74) is 3.35. The van der Waals surface area contributed by atoms with Gasteiger partial charge in [0.25, 0.3) is 5.91 Å². The molecule has 0 saturated heterocycles. The van der Waals surface area contributed by atoms with Crippen LogP contribution in [0.2, 0.25) is 0 Å². The number of rotatable bonds is 4. The number of hydrogen-bond donors (Lipinski definition) is 2. The van der Waals surface area contributed by atoms with Crippen LogP contribution < -0.4 is 10.1 Å². The van der Waals surface area contributed by atoms with Crippen molar-refractivity contribution in [3.8, 4) is 5.75 Å². The standard InChI is InChI=1S/C18H16N4O2/c1-24-14-6-5-12-8-16(21-15(12)9-14)18(23)19-10-13-11-20-22-7-3-2-4-17(13)22/h2-9,11,21H,10H2,1H3,(H,19,23). The Balaban J connectivity index is 1.53. The molecule has 4 aromatic rings. The number of aromatic nitrogens is 3. The number of carbonyl (C=O) groups is 1. The van der Waals surface area contributed by atoms with E-state index in [0.717, 1.165) is 27.7 Å². The molecule has 0 aliphatic carbocycles. The van der Waals surface area contributed by atoms with E-state index in [2.05, 4.69) is 15.4 Å². The predicted molar refractivity (Wildman–Crippen MR) is 91.2 cm³/mol. The van der Waals surface area contributed by atoms with Crippen molar-refractivity contribution in [2.45, 2.75) is 6.54 Å². The Morgan fingerprint density at radius 1 is 1.29 bits per heavy atom. The highest BCUT2D eigenvalue weighted by Gasteiger charge is 2.11. The number of amides is 1. The number of nitrogens with zero attached hydrogens (tertiary/aromatic N) is 2. The number of methoxy groups -OCH3 is 1. The molecule has 3 aromatic heterocycles. The largest absolute Gasteiger partial charge is 0.497 e. The summed E-state index contributed by atoms with van der Waals surface area (Å²) in [5.74, 6) is 0.600. The summed E-state index contributed by atoms with van der Waals surface area (Å²) in [5, 5.41) is 8.16. The molecule has 6 heteroatoms. The molecule has 0 atom stereocenters. The second-order valence-corrected chi connectivity index (χ2v) is 5.52. The van der Waals surface area contributed by atoms with Gasteiger partial charge in [0.1, 0.15) is 11.4 Å². The molecular formula is C18H16N4O2. The van der Waals surface area contributed by atoms with E-state index < -0.39 is 0 Å². The van der Waals surface area contributed by atoms with Crippen molar-refractivity contribution in [1.29, 1.82) is 0 Å². The lowest BCUT2D eigenvalue weighted by Crippen LogP contribution is -2.22. The van der Waals surface area contributed by atoms with E-state index >= 15 is 0 Å². The maximum absolute atomic E-state index is 12.4. The Hall–Kier alpha value is -3.28. The fourth-order valence-corrected chi connectivity index (χ4v) is 2.75. The van der Waals surface area contributed by atoms with E-state index in [-0.39, 0.29) is 5.91 Å². The zero-order chi connectivity index (χ0) is 16.5. The number of pyridine rings is 1. The van der Waals surface area contributed by atoms with Crippen LogP contribution in [0.1, 0.15) is 16.1 Å². The average Bonchev–Trinajstić information content (AvgIpc) is 3.23. The van der Waals surface area contributed by atoms with Gasteiger partial charge in [0, 0.05) is 35.3 Å². The summed E-state index contributed by atoms with van der Waals surface area (Å²) in [6.45, 7) is 0.422. The minimum absolute atomic E-state index is 0.152. The molecular weight excluding hydrogens is 304 g/mol. The maximum Gasteiger partial charge on any atom is 0.267 e. The van der Waals surface area contributed by atoms with Crippen LogP contribution in [0.25, 0.3) is 16.4 Å². The third-order valence-corrected chi connectivity index (χ3v) is 4.02. The molecule has 0 aliphatic rings. The number of hydrogen-bond acceptors (Lipinski definition) is 3. The first-order chi connectivity index (χ1) is 11.7. The maximum atomic E-state index is 12.4. The number of aromatic amines is 1. The quantitative estimate of drug-likeness (QED) is 0.607. The zero-order valence-corrected chi connectivity index (χ0v) is 13.1. The van der Waals surface area contributed by atoms with Crippen molar-refractivity contribution >= 4 is 22.3 Å². The van der Waals surface area contributed by atoms with Gasteiger partial charge in [0.05, 0.1) is 18.8 Å². The SMILES string of the molecule is COc1ccc2cc(C(=O)NCc3cnn4ccccc34)[nH]c2c1. The summed E-state index contributed by atoms with van der Waals surface area (Å²) >= 11 is 0. The average molecular weight is 320 g/mol. The van der Waals surface area contributed by atoms with Crippen molar-refractivity contribution in [3.05, 3.63) is 66.1 Å². The first-order valence-corrected chi connectivity index (χ1v) is 7.61. The first kappa shape index (κ1) is 14.3. The molecule has 4 rings (SSSR count). The number of nitrogens with one attached hydrogen (secondary N) is 2. The molecule has 0 fully saturated rings. The monoisotopic (exact) mass is 320 g/mol. The van der Waals surface area contributed by atoms with E-state index in [4.69, 9.17) is 4.74 Å². The van der Waals surface area contributed by atoms with Gasteiger partial charge in [-0.2, -0.15) is 5.10 Å². The lowest BCUT2D eigenvalue weighted by atomic mass is 10.2. The second-order valence-electron chi connectivity index (χ2n) is 5.52. The Morgan fingerprint density at radius 3 is 3.08 bits per heavy atom. The highest BCUT2D eigenvalue weighted by molar-refractivity contribution is 5.98. The summed E-state index contributed by atoms with van der Waals surface area (Å²) in [7, 11) is 1.62. The third-order valence-electron chi connectivity index (χ3n) is 4.02. The van der Waals surface area contributed by atoms with Gasteiger partial charge < -0.3 is 15.0 Å².